The molecule has 0 atom stereocenters. The molecule has 9 heteroatoms. The predicted octanol–water partition coefficient (Wildman–Crippen LogP) is 3.72. The minimum Gasteiger partial charge on any atom is -0.452 e. The van der Waals surface area contributed by atoms with Crippen LogP contribution in [-0.4, -0.2) is 51.3 Å². The number of halogens is 1. The first-order chi connectivity index (χ1) is 14.8. The molecule has 0 unspecified atom stereocenters. The zero-order valence-corrected chi connectivity index (χ0v) is 18.9. The van der Waals surface area contributed by atoms with Crippen LogP contribution in [0.25, 0.3) is 0 Å². The van der Waals surface area contributed by atoms with Crippen molar-refractivity contribution < 1.29 is 22.7 Å². The van der Waals surface area contributed by atoms with Crippen LogP contribution in [0.5, 0.6) is 0 Å². The van der Waals surface area contributed by atoms with Crippen molar-refractivity contribution in [2.45, 2.75) is 30.6 Å². The van der Waals surface area contributed by atoms with Crippen molar-refractivity contribution in [2.24, 2.45) is 0 Å². The summed E-state index contributed by atoms with van der Waals surface area (Å²) in [6.07, 6.45) is 3.54. The summed E-state index contributed by atoms with van der Waals surface area (Å²) < 4.78 is 32.7. The number of hydrogen-bond acceptors (Lipinski definition) is 5. The van der Waals surface area contributed by atoms with E-state index in [0.717, 1.165) is 25.7 Å². The summed E-state index contributed by atoms with van der Waals surface area (Å²) in [5.41, 5.74) is 0.689. The van der Waals surface area contributed by atoms with Gasteiger partial charge in [0.1, 0.15) is 4.90 Å². The molecule has 1 aliphatic rings. The van der Waals surface area contributed by atoms with E-state index >= 15 is 0 Å². The summed E-state index contributed by atoms with van der Waals surface area (Å²) >= 11 is 6.16. The number of amides is 1. The Hall–Kier alpha value is -2.42. The molecular formula is C22H25ClN2O5S. The number of para-hydroxylation sites is 1. The smallest absolute Gasteiger partial charge is 0.338 e. The standard InChI is InChI=1S/C22H25ClN2O5S/c1-24(18-9-5-4-6-10-18)21(26)16-30-22(27)17-11-12-19(23)20(15-17)31(28,29)25-13-7-2-3-8-14-25/h4-6,9-12,15H,2-3,7-8,13-14,16H2,1H3. The van der Waals surface area contributed by atoms with Gasteiger partial charge in [0.2, 0.25) is 10.0 Å². The van der Waals surface area contributed by atoms with E-state index in [1.165, 1.54) is 27.4 Å². The van der Waals surface area contributed by atoms with Crippen LogP contribution in [0.1, 0.15) is 36.0 Å². The maximum Gasteiger partial charge on any atom is 0.338 e. The van der Waals surface area contributed by atoms with Crippen molar-refractivity contribution in [3.05, 3.63) is 59.1 Å². The molecule has 1 saturated heterocycles. The van der Waals surface area contributed by atoms with E-state index in [1.807, 2.05) is 6.07 Å². The lowest BCUT2D eigenvalue weighted by Crippen LogP contribution is -2.32. The van der Waals surface area contributed by atoms with Crippen LogP contribution in [-0.2, 0) is 19.6 Å². The Morgan fingerprint density at radius 1 is 1.03 bits per heavy atom. The zero-order chi connectivity index (χ0) is 22.4. The van der Waals surface area contributed by atoms with Crippen molar-refractivity contribution in [2.75, 3.05) is 31.6 Å². The second kappa shape index (κ2) is 10.3. The molecule has 0 saturated carbocycles. The van der Waals surface area contributed by atoms with Gasteiger partial charge in [-0.05, 0) is 43.2 Å². The molecule has 2 aromatic carbocycles. The minimum absolute atomic E-state index is 0.0213. The third-order valence-corrected chi connectivity index (χ3v) is 7.57. The zero-order valence-electron chi connectivity index (χ0n) is 17.3. The molecule has 0 bridgehead atoms. The second-order valence-corrected chi connectivity index (χ2v) is 9.64. The van der Waals surface area contributed by atoms with Gasteiger partial charge in [-0.15, -0.1) is 0 Å². The Balaban J connectivity index is 1.71. The molecule has 2 aromatic rings. The van der Waals surface area contributed by atoms with Gasteiger partial charge in [0.05, 0.1) is 10.6 Å². The average molecular weight is 465 g/mol. The van der Waals surface area contributed by atoms with E-state index in [9.17, 15) is 18.0 Å². The van der Waals surface area contributed by atoms with Gasteiger partial charge < -0.3 is 9.64 Å². The topological polar surface area (TPSA) is 84.0 Å². The molecule has 0 N–H and O–H groups in total. The first kappa shape index (κ1) is 23.2. The molecular weight excluding hydrogens is 440 g/mol. The number of sulfonamides is 1. The van der Waals surface area contributed by atoms with E-state index in [-0.39, 0.29) is 15.5 Å². The van der Waals surface area contributed by atoms with Gasteiger partial charge in [0, 0.05) is 25.8 Å². The van der Waals surface area contributed by atoms with Crippen LogP contribution in [0.3, 0.4) is 0 Å². The second-order valence-electron chi connectivity index (χ2n) is 7.33. The van der Waals surface area contributed by atoms with Gasteiger partial charge in [0.15, 0.2) is 6.61 Å². The molecule has 0 radical (unpaired) electrons. The molecule has 1 heterocycles. The normalized spacial score (nSPS) is 15.2. The summed E-state index contributed by atoms with van der Waals surface area (Å²) in [5.74, 6) is -1.20. The van der Waals surface area contributed by atoms with E-state index in [2.05, 4.69) is 0 Å². The maximum absolute atomic E-state index is 13.1. The van der Waals surface area contributed by atoms with Crippen molar-refractivity contribution in [1.82, 2.24) is 4.31 Å². The molecule has 0 aromatic heterocycles. The van der Waals surface area contributed by atoms with Crippen LogP contribution in [0, 0.1) is 0 Å². The molecule has 1 fully saturated rings. The molecule has 3 rings (SSSR count). The summed E-state index contributed by atoms with van der Waals surface area (Å²) in [4.78, 5) is 26.1. The fraction of sp³-hybridized carbons (Fsp3) is 0.364. The fourth-order valence-corrected chi connectivity index (χ4v) is 5.37. The first-order valence-corrected chi connectivity index (χ1v) is 11.9. The van der Waals surface area contributed by atoms with Gasteiger partial charge in [0.25, 0.3) is 5.91 Å². The van der Waals surface area contributed by atoms with E-state index < -0.39 is 28.5 Å². The first-order valence-electron chi connectivity index (χ1n) is 10.1. The van der Waals surface area contributed by atoms with Gasteiger partial charge in [-0.2, -0.15) is 4.31 Å². The molecule has 0 spiro atoms. The van der Waals surface area contributed by atoms with Crippen LogP contribution in [0.2, 0.25) is 5.02 Å². The highest BCUT2D eigenvalue weighted by molar-refractivity contribution is 7.89. The third-order valence-electron chi connectivity index (χ3n) is 5.19. The van der Waals surface area contributed by atoms with Crippen LogP contribution >= 0.6 is 11.6 Å². The van der Waals surface area contributed by atoms with E-state index in [4.69, 9.17) is 16.3 Å². The van der Waals surface area contributed by atoms with Crippen LogP contribution in [0.15, 0.2) is 53.4 Å². The number of carbonyl (C=O) groups excluding carboxylic acids is 2. The molecule has 7 nitrogen and oxygen atoms in total. The Morgan fingerprint density at radius 3 is 2.32 bits per heavy atom. The van der Waals surface area contributed by atoms with Crippen molar-refractivity contribution >= 4 is 39.2 Å². The van der Waals surface area contributed by atoms with E-state index in [0.29, 0.717) is 18.8 Å². The SMILES string of the molecule is CN(C(=O)COC(=O)c1ccc(Cl)c(S(=O)(=O)N2CCCCCC2)c1)c1ccccc1. The highest BCUT2D eigenvalue weighted by atomic mass is 35.5. The molecule has 166 valence electrons. The number of carbonyl (C=O) groups is 2. The van der Waals surface area contributed by atoms with Crippen molar-refractivity contribution in [1.29, 1.82) is 0 Å². The third kappa shape index (κ3) is 5.64. The maximum atomic E-state index is 13.1. The van der Waals surface area contributed by atoms with Gasteiger partial charge in [-0.3, -0.25) is 4.79 Å². The molecule has 0 aliphatic carbocycles. The number of esters is 1. The Bertz CT molecular complexity index is 1040. The number of rotatable bonds is 6. The lowest BCUT2D eigenvalue weighted by Gasteiger charge is -2.21. The fourth-order valence-electron chi connectivity index (χ4n) is 3.35. The summed E-state index contributed by atoms with van der Waals surface area (Å²) in [6, 6.07) is 12.9. The number of anilines is 1. The van der Waals surface area contributed by atoms with Gasteiger partial charge in [-0.1, -0.05) is 42.6 Å². The summed E-state index contributed by atoms with van der Waals surface area (Å²) in [5, 5.41) is 0.0423. The summed E-state index contributed by atoms with van der Waals surface area (Å²) in [6.45, 7) is 0.377. The molecule has 1 aliphatic heterocycles. The quantitative estimate of drug-likeness (QED) is 0.608. The van der Waals surface area contributed by atoms with E-state index in [1.54, 1.807) is 31.3 Å². The Labute approximate surface area is 187 Å². The predicted molar refractivity (Wildman–Crippen MR) is 119 cm³/mol. The van der Waals surface area contributed by atoms with Crippen molar-refractivity contribution in [3.63, 3.8) is 0 Å². The number of likely N-dealkylation sites (N-methyl/N-ethyl adjacent to an activating group) is 1. The van der Waals surface area contributed by atoms with Crippen molar-refractivity contribution in [3.8, 4) is 0 Å². The van der Waals surface area contributed by atoms with Crippen LogP contribution < -0.4 is 4.90 Å². The highest BCUT2D eigenvalue weighted by Crippen LogP contribution is 2.28. The number of ether oxygens (including phenoxy) is 1. The number of nitrogens with zero attached hydrogens (tertiary/aromatic N) is 2. The average Bonchev–Trinajstić information content (AvgIpc) is 3.07. The minimum atomic E-state index is -3.83. The highest BCUT2D eigenvalue weighted by Gasteiger charge is 2.28. The molecule has 31 heavy (non-hydrogen) atoms. The lowest BCUT2D eigenvalue weighted by molar-refractivity contribution is -0.121. The van der Waals surface area contributed by atoms with Gasteiger partial charge in [-0.25, -0.2) is 13.2 Å². The summed E-state index contributed by atoms with van der Waals surface area (Å²) in [7, 11) is -2.25. The van der Waals surface area contributed by atoms with Crippen LogP contribution in [0.4, 0.5) is 5.69 Å². The molecule has 1 amide bonds. The lowest BCUT2D eigenvalue weighted by atomic mass is 10.2. The Kier molecular flexibility index (Phi) is 7.69. The largest absolute Gasteiger partial charge is 0.452 e. The Morgan fingerprint density at radius 2 is 1.68 bits per heavy atom. The van der Waals surface area contributed by atoms with Gasteiger partial charge >= 0.3 is 5.97 Å². The number of benzene rings is 2. The monoisotopic (exact) mass is 464 g/mol. The number of hydrogen-bond donors (Lipinski definition) is 0.